The third-order valence-electron chi connectivity index (χ3n) is 5.73. The number of nitrogens with one attached hydrogen (secondary N) is 1. The first-order valence-electron chi connectivity index (χ1n) is 9.94. The summed E-state index contributed by atoms with van der Waals surface area (Å²) in [5, 5.41) is 12.0. The predicted octanol–water partition coefficient (Wildman–Crippen LogP) is 4.73. The first kappa shape index (κ1) is 21.4. The number of amides is 1. The highest BCUT2D eigenvalue weighted by atomic mass is 35.5. The molecule has 1 fully saturated rings. The molecular formula is C23H15Cl2FN4O3. The van der Waals surface area contributed by atoms with Gasteiger partial charge in [-0.2, -0.15) is 0 Å². The summed E-state index contributed by atoms with van der Waals surface area (Å²) in [7, 11) is 0. The maximum absolute atomic E-state index is 14.6. The number of anilines is 1. The van der Waals surface area contributed by atoms with Crippen molar-refractivity contribution >= 4 is 45.7 Å². The Morgan fingerprint density at radius 3 is 2.61 bits per heavy atom. The standard InChI is InChI=1S/C23H15Cl2FN4O3/c24-13-10-17(28-20(25)19(13)31)21(32)29-16-7-3-6-15-18(16)22(33)30(11-27-15)23(8-9-23)12-4-1-2-5-14(12)26/h1-7,10-11,31H,8-9H2,(H,29,32). The predicted molar refractivity (Wildman–Crippen MR) is 123 cm³/mol. The van der Waals surface area contributed by atoms with Crippen LogP contribution in [-0.4, -0.2) is 25.5 Å². The Morgan fingerprint density at radius 1 is 1.15 bits per heavy atom. The average Bonchev–Trinajstić information content (AvgIpc) is 3.59. The van der Waals surface area contributed by atoms with Gasteiger partial charge >= 0.3 is 0 Å². The van der Waals surface area contributed by atoms with Crippen LogP contribution < -0.4 is 10.9 Å². The molecule has 0 aliphatic heterocycles. The Hall–Kier alpha value is -3.49. The Kier molecular flexibility index (Phi) is 5.07. The summed E-state index contributed by atoms with van der Waals surface area (Å²) in [5.74, 6) is -1.51. The topological polar surface area (TPSA) is 97.1 Å². The smallest absolute Gasteiger partial charge is 0.274 e. The highest BCUT2D eigenvalue weighted by Gasteiger charge is 2.48. The van der Waals surface area contributed by atoms with Crippen LogP contribution in [0.15, 0.2) is 59.7 Å². The number of aromatic hydroxyl groups is 1. The Bertz CT molecular complexity index is 1480. The maximum Gasteiger partial charge on any atom is 0.274 e. The molecule has 10 heteroatoms. The van der Waals surface area contributed by atoms with E-state index >= 15 is 0 Å². The van der Waals surface area contributed by atoms with E-state index in [0.717, 1.165) is 6.07 Å². The van der Waals surface area contributed by atoms with E-state index in [9.17, 15) is 19.1 Å². The maximum atomic E-state index is 14.6. The lowest BCUT2D eigenvalue weighted by atomic mass is 10.0. The number of aromatic nitrogens is 3. The summed E-state index contributed by atoms with van der Waals surface area (Å²) in [6.07, 6.45) is 2.59. The molecule has 2 aromatic carbocycles. The molecule has 0 saturated heterocycles. The second kappa shape index (κ2) is 7.83. The van der Waals surface area contributed by atoms with Gasteiger partial charge in [0.05, 0.1) is 33.5 Å². The third kappa shape index (κ3) is 3.51. The number of benzene rings is 2. The summed E-state index contributed by atoms with van der Waals surface area (Å²) in [5.41, 5.74) is -0.378. The van der Waals surface area contributed by atoms with E-state index in [4.69, 9.17) is 23.2 Å². The molecule has 2 N–H and O–H groups in total. The van der Waals surface area contributed by atoms with Crippen LogP contribution in [0.1, 0.15) is 28.9 Å². The van der Waals surface area contributed by atoms with Crippen molar-refractivity contribution in [2.24, 2.45) is 0 Å². The summed E-state index contributed by atoms with van der Waals surface area (Å²) < 4.78 is 16.0. The van der Waals surface area contributed by atoms with E-state index in [-0.39, 0.29) is 26.9 Å². The zero-order valence-corrected chi connectivity index (χ0v) is 18.4. The quantitative estimate of drug-likeness (QED) is 0.408. The molecule has 0 bridgehead atoms. The van der Waals surface area contributed by atoms with Gasteiger partial charge in [-0.05, 0) is 37.1 Å². The zero-order valence-electron chi connectivity index (χ0n) is 16.8. The molecule has 4 aromatic rings. The molecule has 2 heterocycles. The number of nitrogens with zero attached hydrogens (tertiary/aromatic N) is 3. The van der Waals surface area contributed by atoms with Gasteiger partial charge in [0, 0.05) is 5.56 Å². The van der Waals surface area contributed by atoms with Gasteiger partial charge in [0.15, 0.2) is 10.9 Å². The first-order valence-corrected chi connectivity index (χ1v) is 10.7. The monoisotopic (exact) mass is 484 g/mol. The van der Waals surface area contributed by atoms with Crippen molar-refractivity contribution in [1.29, 1.82) is 0 Å². The van der Waals surface area contributed by atoms with Crippen molar-refractivity contribution in [1.82, 2.24) is 14.5 Å². The summed E-state index contributed by atoms with van der Waals surface area (Å²) in [6.45, 7) is 0. The van der Waals surface area contributed by atoms with Crippen molar-refractivity contribution in [3.05, 3.63) is 92.5 Å². The van der Waals surface area contributed by atoms with E-state index in [0.29, 0.717) is 23.9 Å². The van der Waals surface area contributed by atoms with E-state index in [1.54, 1.807) is 36.4 Å². The van der Waals surface area contributed by atoms with Gasteiger partial charge in [0.25, 0.3) is 11.5 Å². The van der Waals surface area contributed by atoms with Gasteiger partial charge in [0.2, 0.25) is 0 Å². The van der Waals surface area contributed by atoms with Crippen LogP contribution in [0.3, 0.4) is 0 Å². The number of halogens is 3. The molecule has 1 aliphatic rings. The van der Waals surface area contributed by atoms with Crippen molar-refractivity contribution < 1.29 is 14.3 Å². The number of fused-ring (bicyclic) bond motifs is 1. The largest absolute Gasteiger partial charge is 0.504 e. The molecule has 5 rings (SSSR count). The van der Waals surface area contributed by atoms with Gasteiger partial charge in [0.1, 0.15) is 11.5 Å². The fraction of sp³-hybridized carbons (Fsp3) is 0.130. The number of carbonyl (C=O) groups excluding carboxylic acids is 1. The number of carbonyl (C=O) groups is 1. The minimum absolute atomic E-state index is 0.136. The number of hydrogen-bond donors (Lipinski definition) is 2. The second-order valence-electron chi connectivity index (χ2n) is 7.71. The van der Waals surface area contributed by atoms with Crippen LogP contribution >= 0.6 is 23.2 Å². The molecule has 166 valence electrons. The number of rotatable bonds is 4. The van der Waals surface area contributed by atoms with Crippen molar-refractivity contribution in [2.75, 3.05) is 5.32 Å². The lowest BCUT2D eigenvalue weighted by molar-refractivity contribution is 0.102. The Labute approximate surface area is 196 Å². The first-order chi connectivity index (χ1) is 15.8. The van der Waals surface area contributed by atoms with Gasteiger partial charge in [-0.1, -0.05) is 47.5 Å². The second-order valence-corrected chi connectivity index (χ2v) is 8.48. The van der Waals surface area contributed by atoms with Gasteiger partial charge in [-0.15, -0.1) is 0 Å². The van der Waals surface area contributed by atoms with Crippen LogP contribution in [0, 0.1) is 5.82 Å². The van der Waals surface area contributed by atoms with E-state index in [1.807, 2.05) is 0 Å². The summed E-state index contributed by atoms with van der Waals surface area (Å²) in [6, 6.07) is 12.4. The molecule has 0 spiro atoms. The normalized spacial score (nSPS) is 14.3. The van der Waals surface area contributed by atoms with Crippen molar-refractivity contribution in [3.8, 4) is 5.75 Å². The molecule has 1 saturated carbocycles. The van der Waals surface area contributed by atoms with Crippen LogP contribution in [0.5, 0.6) is 5.75 Å². The van der Waals surface area contributed by atoms with Crippen molar-refractivity contribution in [3.63, 3.8) is 0 Å². The summed E-state index contributed by atoms with van der Waals surface area (Å²) >= 11 is 11.7. The molecular weight excluding hydrogens is 470 g/mol. The van der Waals surface area contributed by atoms with E-state index < -0.39 is 28.6 Å². The Balaban J connectivity index is 1.60. The van der Waals surface area contributed by atoms with Crippen LogP contribution in [0.2, 0.25) is 10.2 Å². The third-order valence-corrected chi connectivity index (χ3v) is 6.28. The lowest BCUT2D eigenvalue weighted by Gasteiger charge is -2.20. The Morgan fingerprint density at radius 2 is 1.91 bits per heavy atom. The van der Waals surface area contributed by atoms with Crippen molar-refractivity contribution in [2.45, 2.75) is 18.4 Å². The van der Waals surface area contributed by atoms with Crippen LogP contribution in [0.25, 0.3) is 10.9 Å². The summed E-state index contributed by atoms with van der Waals surface area (Å²) in [4.78, 5) is 34.6. The number of pyridine rings is 1. The minimum atomic E-state index is -0.819. The SMILES string of the molecule is O=C(Nc1cccc2ncn(C3(c4ccccc4F)CC3)c(=O)c12)c1cc(Cl)c(O)c(Cl)n1. The minimum Gasteiger partial charge on any atom is -0.504 e. The average molecular weight is 485 g/mol. The molecule has 1 aliphatic carbocycles. The zero-order chi connectivity index (χ0) is 23.3. The van der Waals surface area contributed by atoms with Crippen LogP contribution in [0.4, 0.5) is 10.1 Å². The lowest BCUT2D eigenvalue weighted by Crippen LogP contribution is -2.32. The van der Waals surface area contributed by atoms with Gasteiger partial charge in [-0.3, -0.25) is 14.2 Å². The van der Waals surface area contributed by atoms with Gasteiger partial charge in [-0.25, -0.2) is 14.4 Å². The number of hydrogen-bond acceptors (Lipinski definition) is 5. The fourth-order valence-electron chi connectivity index (χ4n) is 3.95. The highest BCUT2D eigenvalue weighted by molar-refractivity contribution is 6.36. The molecule has 1 amide bonds. The fourth-order valence-corrected chi connectivity index (χ4v) is 4.39. The molecule has 7 nitrogen and oxygen atoms in total. The molecule has 33 heavy (non-hydrogen) atoms. The molecule has 0 unspecified atom stereocenters. The van der Waals surface area contributed by atoms with Crippen LogP contribution in [-0.2, 0) is 5.54 Å². The molecule has 0 atom stereocenters. The highest BCUT2D eigenvalue weighted by Crippen LogP contribution is 2.49. The van der Waals surface area contributed by atoms with Gasteiger partial charge < -0.3 is 10.4 Å². The van der Waals surface area contributed by atoms with E-state index in [1.165, 1.54) is 17.0 Å². The molecule has 0 radical (unpaired) electrons. The van der Waals surface area contributed by atoms with E-state index in [2.05, 4.69) is 15.3 Å². The molecule has 2 aromatic heterocycles.